The molecule has 0 aliphatic heterocycles. The standard InChI is InChI=1S/C20H23N3O8S/c1-4-22(5-2)32(28,29)16-8-6-7-14(11-16)20(25)31-13-19(24)21-17-10-9-15(23(26)27)12-18(17)30-3/h6-12H,4-5,13H2,1-3H3,(H,21,24). The zero-order valence-corrected chi connectivity index (χ0v) is 18.5. The fourth-order valence-electron chi connectivity index (χ4n) is 2.79. The van der Waals surface area contributed by atoms with Crippen LogP contribution in [0.4, 0.5) is 11.4 Å². The molecule has 11 nitrogen and oxygen atoms in total. The van der Waals surface area contributed by atoms with E-state index in [9.17, 15) is 28.1 Å². The van der Waals surface area contributed by atoms with Crippen molar-refractivity contribution in [1.82, 2.24) is 4.31 Å². The van der Waals surface area contributed by atoms with E-state index in [1.54, 1.807) is 13.8 Å². The molecule has 0 radical (unpaired) electrons. The van der Waals surface area contributed by atoms with E-state index in [1.807, 2.05) is 0 Å². The van der Waals surface area contributed by atoms with Gasteiger partial charge in [-0.2, -0.15) is 4.31 Å². The number of nitrogens with zero attached hydrogens (tertiary/aromatic N) is 2. The van der Waals surface area contributed by atoms with Crippen molar-refractivity contribution in [3.63, 3.8) is 0 Å². The fraction of sp³-hybridized carbons (Fsp3) is 0.300. The molecule has 0 spiro atoms. The molecular formula is C20H23N3O8S. The maximum absolute atomic E-state index is 12.6. The third-order valence-corrected chi connectivity index (χ3v) is 6.46. The predicted octanol–water partition coefficient (Wildman–Crippen LogP) is 2.43. The van der Waals surface area contributed by atoms with Gasteiger partial charge in [-0.15, -0.1) is 0 Å². The number of carbonyl (C=O) groups is 2. The number of sulfonamides is 1. The number of non-ortho nitro benzene ring substituents is 1. The summed E-state index contributed by atoms with van der Waals surface area (Å²) >= 11 is 0. The van der Waals surface area contributed by atoms with Gasteiger partial charge in [-0.3, -0.25) is 14.9 Å². The SMILES string of the molecule is CCN(CC)S(=O)(=O)c1cccc(C(=O)OCC(=O)Nc2ccc([N+](=O)[O-])cc2OC)c1. The van der Waals surface area contributed by atoms with Crippen LogP contribution < -0.4 is 10.1 Å². The Morgan fingerprint density at radius 1 is 1.12 bits per heavy atom. The molecule has 0 unspecified atom stereocenters. The van der Waals surface area contributed by atoms with E-state index in [4.69, 9.17) is 9.47 Å². The highest BCUT2D eigenvalue weighted by atomic mass is 32.2. The largest absolute Gasteiger partial charge is 0.494 e. The van der Waals surface area contributed by atoms with E-state index >= 15 is 0 Å². The number of ether oxygens (including phenoxy) is 2. The lowest BCUT2D eigenvalue weighted by molar-refractivity contribution is -0.384. The first-order chi connectivity index (χ1) is 15.1. The maximum atomic E-state index is 12.6. The zero-order chi connectivity index (χ0) is 23.9. The van der Waals surface area contributed by atoms with E-state index < -0.39 is 33.4 Å². The van der Waals surface area contributed by atoms with Gasteiger partial charge in [0.1, 0.15) is 5.75 Å². The van der Waals surface area contributed by atoms with Gasteiger partial charge in [0.15, 0.2) is 6.61 Å². The first-order valence-electron chi connectivity index (χ1n) is 9.53. The average molecular weight is 465 g/mol. The molecule has 0 saturated heterocycles. The van der Waals surface area contributed by atoms with E-state index in [0.717, 1.165) is 6.07 Å². The first kappa shape index (κ1) is 24.8. The maximum Gasteiger partial charge on any atom is 0.338 e. The molecule has 2 aromatic rings. The molecule has 12 heteroatoms. The molecule has 32 heavy (non-hydrogen) atoms. The van der Waals surface area contributed by atoms with Gasteiger partial charge in [0.25, 0.3) is 11.6 Å². The van der Waals surface area contributed by atoms with Gasteiger partial charge in [0.2, 0.25) is 10.0 Å². The summed E-state index contributed by atoms with van der Waals surface area (Å²) in [5, 5.41) is 13.3. The molecule has 0 heterocycles. The zero-order valence-electron chi connectivity index (χ0n) is 17.7. The summed E-state index contributed by atoms with van der Waals surface area (Å²) < 4.78 is 36.5. The first-order valence-corrected chi connectivity index (χ1v) is 11.0. The van der Waals surface area contributed by atoms with Crippen molar-refractivity contribution < 1.29 is 32.4 Å². The van der Waals surface area contributed by atoms with E-state index in [1.165, 1.54) is 47.8 Å². The Morgan fingerprint density at radius 2 is 1.81 bits per heavy atom. The Hall–Kier alpha value is -3.51. The van der Waals surface area contributed by atoms with Gasteiger partial charge in [-0.05, 0) is 24.3 Å². The molecule has 0 atom stereocenters. The summed E-state index contributed by atoms with van der Waals surface area (Å²) in [7, 11) is -2.48. The highest BCUT2D eigenvalue weighted by Gasteiger charge is 2.23. The minimum Gasteiger partial charge on any atom is -0.494 e. The van der Waals surface area contributed by atoms with Crippen molar-refractivity contribution in [2.75, 3.05) is 32.1 Å². The summed E-state index contributed by atoms with van der Waals surface area (Å²) in [5.74, 6) is -1.53. The van der Waals surface area contributed by atoms with Crippen LogP contribution in [0, 0.1) is 10.1 Å². The summed E-state index contributed by atoms with van der Waals surface area (Å²) in [6, 6.07) is 8.97. The average Bonchev–Trinajstić information content (AvgIpc) is 2.78. The molecule has 0 saturated carbocycles. The van der Waals surface area contributed by atoms with Gasteiger partial charge in [0.05, 0.1) is 34.2 Å². The van der Waals surface area contributed by atoms with Crippen molar-refractivity contribution >= 4 is 33.3 Å². The third-order valence-electron chi connectivity index (χ3n) is 4.42. The Morgan fingerprint density at radius 3 is 2.41 bits per heavy atom. The number of anilines is 1. The van der Waals surface area contributed by atoms with Crippen LogP contribution in [0.5, 0.6) is 5.75 Å². The molecular weight excluding hydrogens is 442 g/mol. The summed E-state index contributed by atoms with van der Waals surface area (Å²) in [6.45, 7) is 3.31. The molecule has 0 aromatic heterocycles. The molecule has 2 rings (SSSR count). The van der Waals surface area contributed by atoms with Crippen LogP contribution in [-0.2, 0) is 19.6 Å². The van der Waals surface area contributed by atoms with E-state index in [0.29, 0.717) is 0 Å². The van der Waals surface area contributed by atoms with Crippen molar-refractivity contribution in [2.24, 2.45) is 0 Å². The van der Waals surface area contributed by atoms with Gasteiger partial charge in [0, 0.05) is 19.2 Å². The Balaban J connectivity index is 2.07. The topological polar surface area (TPSA) is 145 Å². The molecule has 0 fully saturated rings. The van der Waals surface area contributed by atoms with Crippen LogP contribution in [-0.4, -0.2) is 56.3 Å². The van der Waals surface area contributed by atoms with Gasteiger partial charge in [-0.1, -0.05) is 19.9 Å². The Labute approximate surface area is 185 Å². The third kappa shape index (κ3) is 5.80. The summed E-state index contributed by atoms with van der Waals surface area (Å²) in [6.07, 6.45) is 0. The Kier molecular flexibility index (Phi) is 8.27. The number of nitro benzene ring substituents is 1. The molecule has 0 aliphatic carbocycles. The van der Waals surface area contributed by atoms with Crippen molar-refractivity contribution in [3.05, 3.63) is 58.1 Å². The second-order valence-corrected chi connectivity index (χ2v) is 8.32. The monoisotopic (exact) mass is 465 g/mol. The molecule has 2 aromatic carbocycles. The van der Waals surface area contributed by atoms with Crippen LogP contribution in [0.3, 0.4) is 0 Å². The number of hydrogen-bond acceptors (Lipinski definition) is 8. The van der Waals surface area contributed by atoms with Crippen LogP contribution in [0.25, 0.3) is 0 Å². The molecule has 0 aliphatic rings. The van der Waals surface area contributed by atoms with Gasteiger partial charge in [-0.25, -0.2) is 13.2 Å². The molecule has 0 bridgehead atoms. The van der Waals surface area contributed by atoms with Crippen LogP contribution in [0.15, 0.2) is 47.4 Å². The normalized spacial score (nSPS) is 11.1. The number of rotatable bonds is 10. The predicted molar refractivity (Wildman–Crippen MR) is 115 cm³/mol. The lowest BCUT2D eigenvalue weighted by Gasteiger charge is -2.18. The van der Waals surface area contributed by atoms with E-state index in [-0.39, 0.29) is 40.7 Å². The Bertz CT molecular complexity index is 1110. The second-order valence-electron chi connectivity index (χ2n) is 6.38. The number of hydrogen-bond donors (Lipinski definition) is 1. The second kappa shape index (κ2) is 10.7. The van der Waals surface area contributed by atoms with Gasteiger partial charge >= 0.3 is 5.97 Å². The minimum atomic E-state index is -3.76. The highest BCUT2D eigenvalue weighted by Crippen LogP contribution is 2.29. The number of esters is 1. The van der Waals surface area contributed by atoms with Crippen molar-refractivity contribution in [1.29, 1.82) is 0 Å². The fourth-order valence-corrected chi connectivity index (χ4v) is 4.30. The number of carbonyl (C=O) groups excluding carboxylic acids is 2. The quantitative estimate of drug-likeness (QED) is 0.320. The molecule has 172 valence electrons. The summed E-state index contributed by atoms with van der Waals surface area (Å²) in [4.78, 5) is 34.6. The number of nitro groups is 1. The minimum absolute atomic E-state index is 0.0288. The molecule has 1 N–H and O–H groups in total. The lowest BCUT2D eigenvalue weighted by atomic mass is 10.2. The van der Waals surface area contributed by atoms with Crippen molar-refractivity contribution in [2.45, 2.75) is 18.7 Å². The van der Waals surface area contributed by atoms with Crippen LogP contribution in [0.2, 0.25) is 0 Å². The van der Waals surface area contributed by atoms with Crippen molar-refractivity contribution in [3.8, 4) is 5.75 Å². The lowest BCUT2D eigenvalue weighted by Crippen LogP contribution is -2.30. The molecule has 1 amide bonds. The summed E-state index contributed by atoms with van der Waals surface area (Å²) in [5.41, 5.74) is -0.0868. The highest BCUT2D eigenvalue weighted by molar-refractivity contribution is 7.89. The van der Waals surface area contributed by atoms with E-state index in [2.05, 4.69) is 5.32 Å². The smallest absolute Gasteiger partial charge is 0.338 e. The number of amides is 1. The van der Waals surface area contributed by atoms with Gasteiger partial charge < -0.3 is 14.8 Å². The number of nitrogens with one attached hydrogen (secondary N) is 1. The number of benzene rings is 2. The van der Waals surface area contributed by atoms with Crippen LogP contribution in [0.1, 0.15) is 24.2 Å². The van der Waals surface area contributed by atoms with Crippen LogP contribution >= 0.6 is 0 Å². The number of methoxy groups -OCH3 is 1.